The van der Waals surface area contributed by atoms with E-state index in [2.05, 4.69) is 9.97 Å². The molecule has 1 unspecified atom stereocenters. The topological polar surface area (TPSA) is 66.3 Å². The number of aromatic nitrogens is 2. The second-order valence-electron chi connectivity index (χ2n) is 4.04. The van der Waals surface area contributed by atoms with E-state index in [1.165, 1.54) is 6.33 Å². The summed E-state index contributed by atoms with van der Waals surface area (Å²) in [4.78, 5) is 21.3. The van der Waals surface area contributed by atoms with Gasteiger partial charge in [0.15, 0.2) is 0 Å². The molecule has 1 N–H and O–H groups in total. The summed E-state index contributed by atoms with van der Waals surface area (Å²) in [5.41, 5.74) is 0.940. The van der Waals surface area contributed by atoms with E-state index >= 15 is 0 Å². The molecule has 1 aromatic heterocycles. The lowest BCUT2D eigenvalue weighted by atomic mass is 10.1. The van der Waals surface area contributed by atoms with Gasteiger partial charge >= 0.3 is 0 Å². The lowest BCUT2D eigenvalue weighted by molar-refractivity contribution is -0.127. The normalized spacial score (nSPS) is 20.4. The van der Waals surface area contributed by atoms with Gasteiger partial charge in [0.25, 0.3) is 0 Å². The van der Waals surface area contributed by atoms with E-state index in [0.717, 1.165) is 12.1 Å². The fourth-order valence-corrected chi connectivity index (χ4v) is 1.91. The predicted octanol–water partition coefficient (Wildman–Crippen LogP) is -0.140. The highest BCUT2D eigenvalue weighted by Crippen LogP contribution is 2.16. The zero-order valence-corrected chi connectivity index (χ0v) is 9.04. The maximum Gasteiger partial charge on any atom is 0.223 e. The van der Waals surface area contributed by atoms with Crippen molar-refractivity contribution in [1.29, 1.82) is 0 Å². The molecule has 0 aromatic carbocycles. The second kappa shape index (κ2) is 5.03. The van der Waals surface area contributed by atoms with Crippen LogP contribution in [0.3, 0.4) is 0 Å². The first kappa shape index (κ1) is 11.0. The zero-order valence-electron chi connectivity index (χ0n) is 9.04. The Kier molecular flexibility index (Phi) is 3.46. The van der Waals surface area contributed by atoms with Crippen molar-refractivity contribution in [3.8, 4) is 0 Å². The van der Waals surface area contributed by atoms with Gasteiger partial charge in [-0.25, -0.2) is 9.97 Å². The maximum absolute atomic E-state index is 11.5. The van der Waals surface area contributed by atoms with Gasteiger partial charge in [-0.3, -0.25) is 4.79 Å². The van der Waals surface area contributed by atoms with Crippen LogP contribution >= 0.6 is 0 Å². The van der Waals surface area contributed by atoms with Gasteiger partial charge in [-0.15, -0.1) is 0 Å². The van der Waals surface area contributed by atoms with Gasteiger partial charge < -0.3 is 10.0 Å². The van der Waals surface area contributed by atoms with Crippen molar-refractivity contribution < 1.29 is 9.90 Å². The molecule has 0 spiro atoms. The largest absolute Gasteiger partial charge is 0.396 e. The van der Waals surface area contributed by atoms with Crippen LogP contribution < -0.4 is 0 Å². The van der Waals surface area contributed by atoms with Crippen LogP contribution in [0.5, 0.6) is 0 Å². The molecule has 0 bridgehead atoms. The zero-order chi connectivity index (χ0) is 11.4. The SMILES string of the molecule is O=C1CC(CO)CN1CCc1ccncn1. The van der Waals surface area contributed by atoms with Crippen molar-refractivity contribution in [2.24, 2.45) is 5.92 Å². The molecule has 5 heteroatoms. The number of hydrogen-bond acceptors (Lipinski definition) is 4. The third-order valence-electron chi connectivity index (χ3n) is 2.83. The van der Waals surface area contributed by atoms with Crippen LogP contribution in [0.2, 0.25) is 0 Å². The molecule has 1 saturated heterocycles. The van der Waals surface area contributed by atoms with Crippen LogP contribution in [0.4, 0.5) is 0 Å². The number of aliphatic hydroxyl groups is 1. The number of rotatable bonds is 4. The number of amides is 1. The van der Waals surface area contributed by atoms with Crippen molar-refractivity contribution in [3.63, 3.8) is 0 Å². The number of aliphatic hydroxyl groups excluding tert-OH is 1. The van der Waals surface area contributed by atoms with Crippen molar-refractivity contribution in [1.82, 2.24) is 14.9 Å². The van der Waals surface area contributed by atoms with Gasteiger partial charge in [-0.05, 0) is 6.07 Å². The van der Waals surface area contributed by atoms with Gasteiger partial charge in [0.05, 0.1) is 0 Å². The van der Waals surface area contributed by atoms with Gasteiger partial charge in [0.2, 0.25) is 5.91 Å². The predicted molar refractivity (Wildman–Crippen MR) is 57.5 cm³/mol. The monoisotopic (exact) mass is 221 g/mol. The van der Waals surface area contributed by atoms with Gasteiger partial charge in [-0.2, -0.15) is 0 Å². The van der Waals surface area contributed by atoms with E-state index in [0.29, 0.717) is 19.5 Å². The van der Waals surface area contributed by atoms with Crippen LogP contribution in [0.15, 0.2) is 18.6 Å². The summed E-state index contributed by atoms with van der Waals surface area (Å²) in [5, 5.41) is 8.99. The standard InChI is InChI=1S/C11H15N3O2/c15-7-9-5-11(16)14(6-9)4-2-10-1-3-12-8-13-10/h1,3,8-9,15H,2,4-7H2. The highest BCUT2D eigenvalue weighted by atomic mass is 16.3. The van der Waals surface area contributed by atoms with Crippen LogP contribution in [0.1, 0.15) is 12.1 Å². The molecule has 16 heavy (non-hydrogen) atoms. The summed E-state index contributed by atoms with van der Waals surface area (Å²) < 4.78 is 0. The Hall–Kier alpha value is -1.49. The van der Waals surface area contributed by atoms with Crippen LogP contribution in [-0.2, 0) is 11.2 Å². The minimum Gasteiger partial charge on any atom is -0.396 e. The van der Waals surface area contributed by atoms with E-state index < -0.39 is 0 Å². The molecule has 2 rings (SSSR count). The third-order valence-corrected chi connectivity index (χ3v) is 2.83. The Balaban J connectivity index is 1.85. The van der Waals surface area contributed by atoms with Crippen molar-refractivity contribution >= 4 is 5.91 Å². The van der Waals surface area contributed by atoms with Crippen molar-refractivity contribution in [2.75, 3.05) is 19.7 Å². The highest BCUT2D eigenvalue weighted by Gasteiger charge is 2.28. The van der Waals surface area contributed by atoms with E-state index in [9.17, 15) is 4.79 Å². The molecular weight excluding hydrogens is 206 g/mol. The molecule has 0 saturated carbocycles. The number of carbonyl (C=O) groups excluding carboxylic acids is 1. The number of hydrogen-bond donors (Lipinski definition) is 1. The molecule has 5 nitrogen and oxygen atoms in total. The maximum atomic E-state index is 11.5. The number of nitrogens with zero attached hydrogens (tertiary/aromatic N) is 3. The Labute approximate surface area is 94.1 Å². The highest BCUT2D eigenvalue weighted by molar-refractivity contribution is 5.78. The summed E-state index contributed by atoms with van der Waals surface area (Å²) in [5.74, 6) is 0.242. The average molecular weight is 221 g/mol. The molecule has 1 aliphatic rings. The lowest BCUT2D eigenvalue weighted by Crippen LogP contribution is -2.28. The molecule has 86 valence electrons. The molecule has 1 amide bonds. The Morgan fingerprint density at radius 3 is 3.06 bits per heavy atom. The number of carbonyl (C=O) groups is 1. The third kappa shape index (κ3) is 2.55. The molecule has 0 aliphatic carbocycles. The Morgan fingerprint density at radius 2 is 2.44 bits per heavy atom. The Bertz CT molecular complexity index is 356. The molecule has 2 heterocycles. The fraction of sp³-hybridized carbons (Fsp3) is 0.545. The van der Waals surface area contributed by atoms with E-state index in [1.807, 2.05) is 6.07 Å². The molecule has 1 fully saturated rings. The van der Waals surface area contributed by atoms with E-state index in [-0.39, 0.29) is 18.4 Å². The summed E-state index contributed by atoms with van der Waals surface area (Å²) in [7, 11) is 0. The summed E-state index contributed by atoms with van der Waals surface area (Å²) in [6, 6.07) is 1.85. The van der Waals surface area contributed by atoms with Gasteiger partial charge in [-0.1, -0.05) is 0 Å². The van der Waals surface area contributed by atoms with Crippen LogP contribution in [0.25, 0.3) is 0 Å². The Morgan fingerprint density at radius 1 is 1.56 bits per heavy atom. The average Bonchev–Trinajstić information content (AvgIpc) is 2.69. The van der Waals surface area contributed by atoms with E-state index in [4.69, 9.17) is 5.11 Å². The van der Waals surface area contributed by atoms with Gasteiger partial charge in [0, 0.05) is 50.3 Å². The van der Waals surface area contributed by atoms with Crippen molar-refractivity contribution in [3.05, 3.63) is 24.3 Å². The van der Waals surface area contributed by atoms with E-state index in [1.54, 1.807) is 11.1 Å². The van der Waals surface area contributed by atoms with Gasteiger partial charge in [0.1, 0.15) is 6.33 Å². The molecule has 1 atom stereocenters. The summed E-state index contributed by atoms with van der Waals surface area (Å²) in [6.45, 7) is 1.43. The van der Waals surface area contributed by atoms with Crippen LogP contribution in [0, 0.1) is 5.92 Å². The quantitative estimate of drug-likeness (QED) is 0.768. The molecular formula is C11H15N3O2. The minimum atomic E-state index is 0.0930. The summed E-state index contributed by atoms with van der Waals surface area (Å²) in [6.07, 6.45) is 4.43. The smallest absolute Gasteiger partial charge is 0.223 e. The molecule has 0 radical (unpaired) electrons. The first-order valence-corrected chi connectivity index (χ1v) is 5.43. The second-order valence-corrected chi connectivity index (χ2v) is 4.04. The molecule has 1 aromatic rings. The number of likely N-dealkylation sites (tertiary alicyclic amines) is 1. The lowest BCUT2D eigenvalue weighted by Gasteiger charge is -2.15. The van der Waals surface area contributed by atoms with Crippen molar-refractivity contribution in [2.45, 2.75) is 12.8 Å². The summed E-state index contributed by atoms with van der Waals surface area (Å²) >= 11 is 0. The fourth-order valence-electron chi connectivity index (χ4n) is 1.91. The minimum absolute atomic E-state index is 0.0930. The van der Waals surface area contributed by atoms with Crippen LogP contribution in [-0.4, -0.2) is 45.6 Å². The molecule has 1 aliphatic heterocycles. The first-order valence-electron chi connectivity index (χ1n) is 5.43. The first-order chi connectivity index (χ1) is 7.79.